The van der Waals surface area contributed by atoms with Crippen molar-refractivity contribution in [1.29, 1.82) is 0 Å². The molecule has 0 aromatic carbocycles. The fourth-order valence-corrected chi connectivity index (χ4v) is 2.66. The third-order valence-corrected chi connectivity index (χ3v) is 3.29. The maximum absolute atomic E-state index is 12.6. The van der Waals surface area contributed by atoms with E-state index in [4.69, 9.17) is 0 Å². The molecule has 2 bridgehead atoms. The minimum atomic E-state index is -2.32. The zero-order valence-corrected chi connectivity index (χ0v) is 7.87. The maximum atomic E-state index is 12.6. The lowest BCUT2D eigenvalue weighted by Crippen LogP contribution is -2.46. The summed E-state index contributed by atoms with van der Waals surface area (Å²) in [7, 11) is 1.29. The summed E-state index contributed by atoms with van der Waals surface area (Å²) in [6, 6.07) is -0.444. The quantitative estimate of drug-likeness (QED) is 0.677. The van der Waals surface area contributed by atoms with Gasteiger partial charge in [0.25, 0.3) is 0 Å². The number of methoxy groups -OCH3 is 1. The second-order valence-corrected chi connectivity index (χ2v) is 4.00. The van der Waals surface area contributed by atoms with Crippen molar-refractivity contribution >= 4 is 5.97 Å². The van der Waals surface area contributed by atoms with Crippen molar-refractivity contribution in [2.75, 3.05) is 7.11 Å². The van der Waals surface area contributed by atoms with E-state index in [2.05, 4.69) is 10.1 Å². The van der Waals surface area contributed by atoms with E-state index in [1.807, 2.05) is 0 Å². The molecule has 14 heavy (non-hydrogen) atoms. The molecule has 2 rings (SSSR count). The number of carbonyl (C=O) groups is 1. The fourth-order valence-electron chi connectivity index (χ4n) is 2.66. The standard InChI is InChI=1S/C9H13F2NO2/c1-14-9(13)7-5-2-4(12-7)3-6(5)8(10)11/h4-8,12H,2-3H2,1H3. The van der Waals surface area contributed by atoms with E-state index in [9.17, 15) is 13.6 Å². The Bertz CT molecular complexity index is 247. The summed E-state index contributed by atoms with van der Waals surface area (Å²) < 4.78 is 29.7. The van der Waals surface area contributed by atoms with E-state index in [-0.39, 0.29) is 12.0 Å². The predicted octanol–water partition coefficient (Wildman–Crippen LogP) is 0.791. The topological polar surface area (TPSA) is 38.3 Å². The molecule has 80 valence electrons. The summed E-state index contributed by atoms with van der Waals surface area (Å²) in [5.74, 6) is -1.29. The lowest BCUT2D eigenvalue weighted by Gasteiger charge is -2.27. The van der Waals surface area contributed by atoms with Crippen LogP contribution in [0.1, 0.15) is 12.8 Å². The Kier molecular flexibility index (Phi) is 2.43. The molecule has 1 saturated heterocycles. The average molecular weight is 205 g/mol. The first-order valence-electron chi connectivity index (χ1n) is 4.75. The van der Waals surface area contributed by atoms with Crippen molar-refractivity contribution in [2.24, 2.45) is 11.8 Å². The molecule has 0 aromatic heterocycles. The first kappa shape index (κ1) is 9.83. The third-order valence-electron chi connectivity index (χ3n) is 3.29. The number of nitrogens with one attached hydrogen (secondary N) is 1. The Balaban J connectivity index is 2.07. The number of esters is 1. The number of halogens is 2. The minimum absolute atomic E-state index is 0.0723. The molecule has 2 aliphatic rings. The molecule has 0 amide bonds. The highest BCUT2D eigenvalue weighted by Gasteiger charge is 2.52. The molecule has 4 atom stereocenters. The van der Waals surface area contributed by atoms with Crippen molar-refractivity contribution in [3.63, 3.8) is 0 Å². The van der Waals surface area contributed by atoms with Gasteiger partial charge in [-0.25, -0.2) is 8.78 Å². The second kappa shape index (κ2) is 3.46. The number of piperidine rings is 1. The molecule has 1 aliphatic heterocycles. The van der Waals surface area contributed by atoms with Gasteiger partial charge in [-0.15, -0.1) is 0 Å². The average Bonchev–Trinajstić information content (AvgIpc) is 2.74. The zero-order valence-electron chi connectivity index (χ0n) is 7.87. The highest BCUT2D eigenvalue weighted by atomic mass is 19.3. The van der Waals surface area contributed by atoms with Crippen LogP contribution in [-0.4, -0.2) is 31.6 Å². The van der Waals surface area contributed by atoms with Gasteiger partial charge in [0.1, 0.15) is 6.04 Å². The van der Waals surface area contributed by atoms with E-state index in [1.165, 1.54) is 7.11 Å². The number of fused-ring (bicyclic) bond motifs is 2. The van der Waals surface area contributed by atoms with Gasteiger partial charge in [0.05, 0.1) is 7.11 Å². The first-order valence-corrected chi connectivity index (χ1v) is 4.75. The molecule has 0 aromatic rings. The van der Waals surface area contributed by atoms with Gasteiger partial charge in [0, 0.05) is 12.0 Å². The zero-order chi connectivity index (χ0) is 10.3. The Morgan fingerprint density at radius 1 is 1.50 bits per heavy atom. The smallest absolute Gasteiger partial charge is 0.323 e. The van der Waals surface area contributed by atoms with Crippen molar-refractivity contribution < 1.29 is 18.3 Å². The lowest BCUT2D eigenvalue weighted by molar-refractivity contribution is -0.145. The Morgan fingerprint density at radius 2 is 2.21 bits per heavy atom. The molecule has 3 nitrogen and oxygen atoms in total. The van der Waals surface area contributed by atoms with Crippen molar-refractivity contribution in [3.05, 3.63) is 0 Å². The van der Waals surface area contributed by atoms with Crippen LogP contribution in [-0.2, 0) is 9.53 Å². The summed E-state index contributed by atoms with van der Waals surface area (Å²) in [6.07, 6.45) is -1.16. The van der Waals surface area contributed by atoms with Crippen molar-refractivity contribution in [1.82, 2.24) is 5.32 Å². The number of hydrogen-bond acceptors (Lipinski definition) is 3. The van der Waals surface area contributed by atoms with E-state index < -0.39 is 24.4 Å². The Morgan fingerprint density at radius 3 is 2.71 bits per heavy atom. The number of rotatable bonds is 2. The van der Waals surface area contributed by atoms with Crippen LogP contribution in [0.15, 0.2) is 0 Å². The van der Waals surface area contributed by atoms with Crippen LogP contribution in [0.5, 0.6) is 0 Å². The van der Waals surface area contributed by atoms with Gasteiger partial charge in [-0.2, -0.15) is 0 Å². The summed E-state index contributed by atoms with van der Waals surface area (Å²) >= 11 is 0. The Labute approximate surface area is 80.8 Å². The predicted molar refractivity (Wildman–Crippen MR) is 44.9 cm³/mol. The summed E-state index contributed by atoms with van der Waals surface area (Å²) in [4.78, 5) is 11.2. The highest BCUT2D eigenvalue weighted by molar-refractivity contribution is 5.76. The monoisotopic (exact) mass is 205 g/mol. The lowest BCUT2D eigenvalue weighted by atomic mass is 9.89. The maximum Gasteiger partial charge on any atom is 0.323 e. The van der Waals surface area contributed by atoms with E-state index in [0.29, 0.717) is 12.8 Å². The van der Waals surface area contributed by atoms with Gasteiger partial charge in [-0.1, -0.05) is 0 Å². The van der Waals surface area contributed by atoms with Crippen LogP contribution in [0, 0.1) is 11.8 Å². The van der Waals surface area contributed by atoms with Gasteiger partial charge < -0.3 is 10.1 Å². The molecular weight excluding hydrogens is 192 g/mol. The molecule has 1 heterocycles. The second-order valence-electron chi connectivity index (χ2n) is 4.00. The van der Waals surface area contributed by atoms with Gasteiger partial charge in [-0.05, 0) is 18.8 Å². The fraction of sp³-hybridized carbons (Fsp3) is 0.889. The molecule has 0 spiro atoms. The Hall–Kier alpha value is -0.710. The largest absolute Gasteiger partial charge is 0.468 e. The normalized spacial score (nSPS) is 40.6. The van der Waals surface area contributed by atoms with Gasteiger partial charge >= 0.3 is 5.97 Å². The molecular formula is C9H13F2NO2. The number of ether oxygens (including phenoxy) is 1. The number of alkyl halides is 2. The molecule has 5 heteroatoms. The van der Waals surface area contributed by atoms with Crippen LogP contribution >= 0.6 is 0 Å². The summed E-state index contributed by atoms with van der Waals surface area (Å²) in [5, 5.41) is 3.02. The first-order chi connectivity index (χ1) is 6.63. The molecule has 1 N–H and O–H groups in total. The van der Waals surface area contributed by atoms with Crippen LogP contribution < -0.4 is 5.32 Å². The van der Waals surface area contributed by atoms with E-state index in [1.54, 1.807) is 0 Å². The van der Waals surface area contributed by atoms with Gasteiger partial charge in [0.15, 0.2) is 0 Å². The van der Waals surface area contributed by atoms with Crippen LogP contribution in [0.3, 0.4) is 0 Å². The molecule has 0 radical (unpaired) electrons. The van der Waals surface area contributed by atoms with Crippen LogP contribution in [0.25, 0.3) is 0 Å². The van der Waals surface area contributed by atoms with Gasteiger partial charge in [-0.3, -0.25) is 4.79 Å². The molecule has 2 fully saturated rings. The van der Waals surface area contributed by atoms with Crippen molar-refractivity contribution in [2.45, 2.75) is 31.4 Å². The number of carbonyl (C=O) groups excluding carboxylic acids is 1. The van der Waals surface area contributed by atoms with Gasteiger partial charge in [0.2, 0.25) is 6.43 Å². The van der Waals surface area contributed by atoms with Crippen LogP contribution in [0.4, 0.5) is 8.78 Å². The SMILES string of the molecule is COC(=O)C1NC2CC(C(F)F)C1C2. The summed E-state index contributed by atoms with van der Waals surface area (Å²) in [5.41, 5.74) is 0. The highest BCUT2D eigenvalue weighted by Crippen LogP contribution is 2.43. The molecule has 4 unspecified atom stereocenters. The summed E-state index contributed by atoms with van der Waals surface area (Å²) in [6.45, 7) is 0. The van der Waals surface area contributed by atoms with Crippen LogP contribution in [0.2, 0.25) is 0 Å². The van der Waals surface area contributed by atoms with Crippen molar-refractivity contribution in [3.8, 4) is 0 Å². The van der Waals surface area contributed by atoms with E-state index in [0.717, 1.165) is 0 Å². The molecule has 1 aliphatic carbocycles. The number of hydrogen-bond donors (Lipinski definition) is 1. The molecule has 1 saturated carbocycles. The minimum Gasteiger partial charge on any atom is -0.468 e. The third kappa shape index (κ3) is 1.39. The van der Waals surface area contributed by atoms with E-state index >= 15 is 0 Å².